The van der Waals surface area contributed by atoms with Crippen molar-refractivity contribution in [2.24, 2.45) is 0 Å². The molecule has 0 atom stereocenters. The standard InChI is InChI=1S/C23H23NO/c1-4-24-17-16-20(21-13-6-7-14-22(21)24)12-9-11-19(3)25-23-15-8-5-10-18(23)2/h5-17H,3-4H2,1-2H3. The topological polar surface area (TPSA) is 12.5 Å². The summed E-state index contributed by atoms with van der Waals surface area (Å²) in [6, 6.07) is 16.4. The average Bonchev–Trinajstić information content (AvgIpc) is 2.64. The lowest BCUT2D eigenvalue weighted by Gasteiger charge is -2.26. The number of fused-ring (bicyclic) bond motifs is 1. The van der Waals surface area contributed by atoms with Crippen LogP contribution in [0.2, 0.25) is 0 Å². The minimum absolute atomic E-state index is 0.620. The Labute approximate surface area is 150 Å². The van der Waals surface area contributed by atoms with Gasteiger partial charge in [-0.1, -0.05) is 55.1 Å². The van der Waals surface area contributed by atoms with Crippen molar-refractivity contribution < 1.29 is 4.74 Å². The van der Waals surface area contributed by atoms with Crippen molar-refractivity contribution >= 4 is 11.3 Å². The van der Waals surface area contributed by atoms with Gasteiger partial charge in [0, 0.05) is 24.0 Å². The summed E-state index contributed by atoms with van der Waals surface area (Å²) in [5.41, 5.74) is 4.75. The second kappa shape index (κ2) is 7.71. The van der Waals surface area contributed by atoms with Crippen molar-refractivity contribution in [1.82, 2.24) is 0 Å². The SMILES string of the molecule is C=C(C=CC=C1C=CN(CC)c2ccccc21)Oc1ccccc1C. The van der Waals surface area contributed by atoms with Crippen molar-refractivity contribution in [2.75, 3.05) is 11.4 Å². The molecule has 2 aromatic carbocycles. The smallest absolute Gasteiger partial charge is 0.130 e. The van der Waals surface area contributed by atoms with E-state index in [0.29, 0.717) is 5.76 Å². The van der Waals surface area contributed by atoms with E-state index in [4.69, 9.17) is 4.74 Å². The van der Waals surface area contributed by atoms with Gasteiger partial charge in [0.05, 0.1) is 0 Å². The molecule has 0 aromatic heterocycles. The van der Waals surface area contributed by atoms with Gasteiger partial charge in [-0.15, -0.1) is 0 Å². The van der Waals surface area contributed by atoms with Gasteiger partial charge in [-0.25, -0.2) is 0 Å². The predicted octanol–water partition coefficient (Wildman–Crippen LogP) is 5.88. The monoisotopic (exact) mass is 329 g/mol. The molecule has 0 amide bonds. The third-order valence-electron chi connectivity index (χ3n) is 4.19. The van der Waals surface area contributed by atoms with Crippen LogP contribution in [0.15, 0.2) is 91.4 Å². The highest BCUT2D eigenvalue weighted by Crippen LogP contribution is 2.32. The van der Waals surface area contributed by atoms with Crippen LogP contribution in [-0.2, 0) is 0 Å². The van der Waals surface area contributed by atoms with E-state index in [1.165, 1.54) is 16.8 Å². The maximum Gasteiger partial charge on any atom is 0.130 e. The number of rotatable bonds is 5. The van der Waals surface area contributed by atoms with Gasteiger partial charge in [-0.3, -0.25) is 0 Å². The number of allylic oxidation sites excluding steroid dienone is 5. The fraction of sp³-hybridized carbons (Fsp3) is 0.130. The predicted molar refractivity (Wildman–Crippen MR) is 107 cm³/mol. The fourth-order valence-electron chi connectivity index (χ4n) is 2.83. The van der Waals surface area contributed by atoms with E-state index in [0.717, 1.165) is 17.9 Å². The van der Waals surface area contributed by atoms with Gasteiger partial charge in [0.2, 0.25) is 0 Å². The summed E-state index contributed by atoms with van der Waals surface area (Å²) in [5, 5.41) is 0. The number of aryl methyl sites for hydroxylation is 1. The summed E-state index contributed by atoms with van der Waals surface area (Å²) in [6.07, 6.45) is 10.2. The normalized spacial score (nSPS) is 14.8. The van der Waals surface area contributed by atoms with Crippen LogP contribution < -0.4 is 9.64 Å². The van der Waals surface area contributed by atoms with E-state index in [9.17, 15) is 0 Å². The molecule has 0 saturated carbocycles. The van der Waals surface area contributed by atoms with Crippen LogP contribution >= 0.6 is 0 Å². The van der Waals surface area contributed by atoms with Gasteiger partial charge in [-0.05, 0) is 49.3 Å². The molecule has 2 nitrogen and oxygen atoms in total. The van der Waals surface area contributed by atoms with Crippen molar-refractivity contribution in [3.05, 3.63) is 102 Å². The summed E-state index contributed by atoms with van der Waals surface area (Å²) in [5.74, 6) is 1.46. The molecule has 1 heterocycles. The first kappa shape index (κ1) is 16.8. The van der Waals surface area contributed by atoms with Crippen molar-refractivity contribution in [3.63, 3.8) is 0 Å². The molecule has 1 aliphatic heterocycles. The van der Waals surface area contributed by atoms with E-state index < -0.39 is 0 Å². The zero-order valence-corrected chi connectivity index (χ0v) is 14.8. The molecule has 0 aliphatic carbocycles. The number of para-hydroxylation sites is 2. The molecule has 25 heavy (non-hydrogen) atoms. The average molecular weight is 329 g/mol. The summed E-state index contributed by atoms with van der Waals surface area (Å²) < 4.78 is 5.80. The molecule has 0 unspecified atom stereocenters. The molecule has 3 rings (SSSR count). The maximum absolute atomic E-state index is 5.80. The lowest BCUT2D eigenvalue weighted by Crippen LogP contribution is -2.18. The highest BCUT2D eigenvalue weighted by molar-refractivity contribution is 5.86. The van der Waals surface area contributed by atoms with Crippen molar-refractivity contribution in [2.45, 2.75) is 13.8 Å². The van der Waals surface area contributed by atoms with Crippen LogP contribution in [0.5, 0.6) is 5.75 Å². The van der Waals surface area contributed by atoms with Gasteiger partial charge < -0.3 is 9.64 Å². The largest absolute Gasteiger partial charge is 0.458 e. The number of benzene rings is 2. The minimum atomic E-state index is 0.620. The summed E-state index contributed by atoms with van der Waals surface area (Å²) in [4.78, 5) is 2.25. The number of anilines is 1. The number of nitrogens with zero attached hydrogens (tertiary/aromatic N) is 1. The van der Waals surface area contributed by atoms with E-state index >= 15 is 0 Å². The highest BCUT2D eigenvalue weighted by atomic mass is 16.5. The van der Waals surface area contributed by atoms with Crippen LogP contribution in [0.4, 0.5) is 5.69 Å². The van der Waals surface area contributed by atoms with E-state index in [2.05, 4.69) is 61.0 Å². The Balaban J connectivity index is 1.74. The van der Waals surface area contributed by atoms with Crippen LogP contribution in [0, 0.1) is 6.92 Å². The van der Waals surface area contributed by atoms with E-state index in [-0.39, 0.29) is 0 Å². The van der Waals surface area contributed by atoms with Crippen LogP contribution in [0.25, 0.3) is 5.57 Å². The zero-order valence-electron chi connectivity index (χ0n) is 14.8. The molecule has 2 heteroatoms. The van der Waals surface area contributed by atoms with E-state index in [1.807, 2.05) is 43.3 Å². The van der Waals surface area contributed by atoms with Gasteiger partial charge >= 0.3 is 0 Å². The molecule has 0 radical (unpaired) electrons. The maximum atomic E-state index is 5.80. The van der Waals surface area contributed by atoms with Gasteiger partial charge in [-0.2, -0.15) is 0 Å². The third-order valence-corrected chi connectivity index (χ3v) is 4.19. The van der Waals surface area contributed by atoms with Crippen LogP contribution in [0.3, 0.4) is 0 Å². The summed E-state index contributed by atoms with van der Waals surface area (Å²) in [7, 11) is 0. The Kier molecular flexibility index (Phi) is 5.20. The Morgan fingerprint density at radius 2 is 1.88 bits per heavy atom. The molecule has 0 bridgehead atoms. The van der Waals surface area contributed by atoms with Crippen molar-refractivity contribution in [3.8, 4) is 5.75 Å². The molecule has 0 spiro atoms. The molecule has 126 valence electrons. The van der Waals surface area contributed by atoms with Gasteiger partial charge in [0.25, 0.3) is 0 Å². The molecule has 0 saturated heterocycles. The number of hydrogen-bond donors (Lipinski definition) is 0. The zero-order chi connectivity index (χ0) is 17.6. The lowest BCUT2D eigenvalue weighted by molar-refractivity contribution is 0.443. The Bertz CT molecular complexity index is 858. The molecule has 0 N–H and O–H groups in total. The first-order valence-corrected chi connectivity index (χ1v) is 8.54. The van der Waals surface area contributed by atoms with E-state index in [1.54, 1.807) is 0 Å². The fourth-order valence-corrected chi connectivity index (χ4v) is 2.83. The molecule has 2 aromatic rings. The Hall–Kier alpha value is -3.00. The third kappa shape index (κ3) is 3.92. The molecular formula is C23H23NO. The highest BCUT2D eigenvalue weighted by Gasteiger charge is 2.13. The first-order valence-electron chi connectivity index (χ1n) is 8.54. The van der Waals surface area contributed by atoms with Crippen LogP contribution in [-0.4, -0.2) is 6.54 Å². The number of hydrogen-bond acceptors (Lipinski definition) is 2. The second-order valence-corrected chi connectivity index (χ2v) is 5.93. The quantitative estimate of drug-likeness (QED) is 0.501. The first-order chi connectivity index (χ1) is 12.2. The lowest BCUT2D eigenvalue weighted by atomic mass is 9.99. The molecule has 1 aliphatic rings. The van der Waals surface area contributed by atoms with Gasteiger partial charge in [0.1, 0.15) is 11.5 Å². The van der Waals surface area contributed by atoms with Crippen molar-refractivity contribution in [1.29, 1.82) is 0 Å². The Morgan fingerprint density at radius 3 is 2.68 bits per heavy atom. The summed E-state index contributed by atoms with van der Waals surface area (Å²) in [6.45, 7) is 9.12. The molecular weight excluding hydrogens is 306 g/mol. The Morgan fingerprint density at radius 1 is 1.12 bits per heavy atom. The second-order valence-electron chi connectivity index (χ2n) is 5.93. The minimum Gasteiger partial charge on any atom is -0.458 e. The molecule has 0 fully saturated rings. The van der Waals surface area contributed by atoms with Gasteiger partial charge in [0.15, 0.2) is 0 Å². The number of ether oxygens (including phenoxy) is 1. The van der Waals surface area contributed by atoms with Crippen LogP contribution in [0.1, 0.15) is 18.1 Å². The summed E-state index contributed by atoms with van der Waals surface area (Å²) >= 11 is 0.